The number of carbonyl (C=O) groups is 3. The summed E-state index contributed by atoms with van der Waals surface area (Å²) in [4.78, 5) is 56.5. The van der Waals surface area contributed by atoms with Crippen LogP contribution in [0.4, 0.5) is 0 Å². The van der Waals surface area contributed by atoms with E-state index >= 15 is 0 Å². The Hall–Kier alpha value is -5.84. The van der Waals surface area contributed by atoms with Crippen molar-refractivity contribution >= 4 is 28.5 Å². The zero-order valence-corrected chi connectivity index (χ0v) is 31.3. The summed E-state index contributed by atoms with van der Waals surface area (Å²) in [6, 6.07) is 34.7. The Morgan fingerprint density at radius 2 is 1.31 bits per heavy atom. The minimum absolute atomic E-state index is 0.0522. The molecule has 55 heavy (non-hydrogen) atoms. The number of ketones is 1. The number of H-pyrrole nitrogens is 2. The van der Waals surface area contributed by atoms with Crippen molar-refractivity contribution in [3.8, 4) is 22.5 Å². The minimum atomic E-state index is -0.479. The fourth-order valence-corrected chi connectivity index (χ4v) is 8.42. The molecule has 0 saturated carbocycles. The van der Waals surface area contributed by atoms with Crippen LogP contribution in [0.1, 0.15) is 66.3 Å². The topological polar surface area (TPSA) is 126 Å². The van der Waals surface area contributed by atoms with Gasteiger partial charge in [-0.3, -0.25) is 14.4 Å². The smallest absolute Gasteiger partial charge is 0.244 e. The van der Waals surface area contributed by atoms with Gasteiger partial charge in [-0.05, 0) is 85.8 Å². The standard InChI is InChI=1S/C45H47N7O3/c1-46-41(32-11-5-3-6-12-32)44(54)51-23-9-15-38(51)40(53)26-29-17-22-35-34(25-29)27-36(49-35)30-18-20-31(21-19-30)37-28-48-43(50-37)39-16-10-24-52(39)45(55)42(47-2)33-13-7-4-8-14-33/h3-8,11-14,17-22,25,27-28,38-39,41-42,46-47,49H,9-10,15-16,23-24,26H2,1-2H3,(H,48,50)/t38-,39-,41+,42+/m0/s1. The predicted molar refractivity (Wildman–Crippen MR) is 215 cm³/mol. The molecule has 4 aromatic carbocycles. The second kappa shape index (κ2) is 15.9. The van der Waals surface area contributed by atoms with Gasteiger partial charge in [0.25, 0.3) is 0 Å². The Morgan fingerprint density at radius 3 is 1.96 bits per heavy atom. The Morgan fingerprint density at radius 1 is 0.709 bits per heavy atom. The third kappa shape index (κ3) is 7.35. The van der Waals surface area contributed by atoms with Crippen molar-refractivity contribution in [2.75, 3.05) is 27.2 Å². The molecule has 10 nitrogen and oxygen atoms in total. The summed E-state index contributed by atoms with van der Waals surface area (Å²) in [7, 11) is 3.61. The first-order valence-corrected chi connectivity index (χ1v) is 19.3. The van der Waals surface area contributed by atoms with Gasteiger partial charge in [0, 0.05) is 36.1 Å². The second-order valence-electron chi connectivity index (χ2n) is 14.7. The average molecular weight is 734 g/mol. The molecule has 2 aliphatic heterocycles. The zero-order chi connectivity index (χ0) is 37.9. The number of amides is 2. The van der Waals surface area contributed by atoms with Crippen LogP contribution in [0.25, 0.3) is 33.4 Å². The number of Topliss-reactive ketones (excluding diaryl/α,β-unsaturated/α-hetero) is 1. The lowest BCUT2D eigenvalue weighted by atomic mass is 9.99. The number of nitrogens with zero attached hydrogens (tertiary/aromatic N) is 3. The molecule has 10 heteroatoms. The van der Waals surface area contributed by atoms with E-state index in [1.807, 2.05) is 90.9 Å². The zero-order valence-electron chi connectivity index (χ0n) is 31.3. The van der Waals surface area contributed by atoms with Crippen LogP contribution in [-0.4, -0.2) is 75.6 Å². The van der Waals surface area contributed by atoms with Gasteiger partial charge in [-0.15, -0.1) is 0 Å². The van der Waals surface area contributed by atoms with Crippen molar-refractivity contribution in [1.82, 2.24) is 35.4 Å². The van der Waals surface area contributed by atoms with Crippen molar-refractivity contribution in [1.29, 1.82) is 0 Å². The summed E-state index contributed by atoms with van der Waals surface area (Å²) in [5.41, 5.74) is 7.73. The average Bonchev–Trinajstić information content (AvgIpc) is 4.06. The third-order valence-electron chi connectivity index (χ3n) is 11.3. The molecule has 4 heterocycles. The quantitative estimate of drug-likeness (QED) is 0.108. The lowest BCUT2D eigenvalue weighted by molar-refractivity contribution is -0.139. The number of hydrogen-bond acceptors (Lipinski definition) is 6. The van der Waals surface area contributed by atoms with E-state index in [2.05, 4.69) is 57.0 Å². The number of rotatable bonds is 12. The van der Waals surface area contributed by atoms with Crippen LogP contribution < -0.4 is 10.6 Å². The molecule has 0 aliphatic carbocycles. The molecule has 6 aromatic rings. The maximum atomic E-state index is 13.7. The Balaban J connectivity index is 0.929. The van der Waals surface area contributed by atoms with Crippen LogP contribution in [0.2, 0.25) is 0 Å². The highest BCUT2D eigenvalue weighted by Gasteiger charge is 2.37. The number of likely N-dealkylation sites (N-methyl/N-ethyl adjacent to an activating group) is 2. The fourth-order valence-electron chi connectivity index (χ4n) is 8.42. The van der Waals surface area contributed by atoms with Gasteiger partial charge in [0.2, 0.25) is 11.8 Å². The molecule has 0 spiro atoms. The molecule has 280 valence electrons. The fraction of sp³-hybridized carbons (Fsp3) is 0.289. The number of aromatic amines is 2. The summed E-state index contributed by atoms with van der Waals surface area (Å²) in [6.07, 6.45) is 5.43. The van der Waals surface area contributed by atoms with E-state index in [0.717, 1.165) is 75.2 Å². The maximum absolute atomic E-state index is 13.7. The lowest BCUT2D eigenvalue weighted by Gasteiger charge is -2.28. The molecular formula is C45H47N7O3. The van der Waals surface area contributed by atoms with E-state index in [-0.39, 0.29) is 30.1 Å². The molecule has 2 saturated heterocycles. The maximum Gasteiger partial charge on any atom is 0.244 e. The summed E-state index contributed by atoms with van der Waals surface area (Å²) >= 11 is 0. The van der Waals surface area contributed by atoms with Gasteiger partial charge in [0.15, 0.2) is 5.78 Å². The molecule has 4 atom stereocenters. The summed E-state index contributed by atoms with van der Waals surface area (Å²) < 4.78 is 0. The van der Waals surface area contributed by atoms with Gasteiger partial charge in [-0.25, -0.2) is 4.98 Å². The van der Waals surface area contributed by atoms with E-state index in [0.29, 0.717) is 19.5 Å². The lowest BCUT2D eigenvalue weighted by Crippen LogP contribution is -2.46. The molecule has 8 rings (SSSR count). The van der Waals surface area contributed by atoms with Gasteiger partial charge in [0.05, 0.1) is 24.0 Å². The summed E-state index contributed by atoms with van der Waals surface area (Å²) in [6.45, 7) is 1.29. The monoisotopic (exact) mass is 733 g/mol. The summed E-state index contributed by atoms with van der Waals surface area (Å²) in [5, 5.41) is 7.39. The van der Waals surface area contributed by atoms with Crippen LogP contribution in [-0.2, 0) is 20.8 Å². The normalized spacial score (nSPS) is 18.1. The van der Waals surface area contributed by atoms with Crippen LogP contribution in [0, 0.1) is 0 Å². The first kappa shape index (κ1) is 36.2. The third-order valence-corrected chi connectivity index (χ3v) is 11.3. The first-order valence-electron chi connectivity index (χ1n) is 19.3. The van der Waals surface area contributed by atoms with Gasteiger partial charge in [-0.1, -0.05) is 91.0 Å². The van der Waals surface area contributed by atoms with Gasteiger partial charge in [-0.2, -0.15) is 0 Å². The highest BCUT2D eigenvalue weighted by Crippen LogP contribution is 2.35. The largest absolute Gasteiger partial charge is 0.355 e. The molecule has 0 bridgehead atoms. The second-order valence-corrected chi connectivity index (χ2v) is 14.7. The summed E-state index contributed by atoms with van der Waals surface area (Å²) in [5.74, 6) is 0.885. The van der Waals surface area contributed by atoms with E-state index in [4.69, 9.17) is 4.98 Å². The Kier molecular flexibility index (Phi) is 10.4. The number of nitrogens with one attached hydrogen (secondary N) is 4. The molecule has 4 N–H and O–H groups in total. The minimum Gasteiger partial charge on any atom is -0.355 e. The van der Waals surface area contributed by atoms with Crippen LogP contribution >= 0.6 is 0 Å². The van der Waals surface area contributed by atoms with E-state index in [1.54, 1.807) is 11.9 Å². The molecule has 2 aliphatic rings. The highest BCUT2D eigenvalue weighted by molar-refractivity contribution is 5.94. The van der Waals surface area contributed by atoms with Crippen molar-refractivity contribution in [2.24, 2.45) is 0 Å². The van der Waals surface area contributed by atoms with Crippen LogP contribution in [0.15, 0.2) is 115 Å². The number of hydrogen-bond donors (Lipinski definition) is 4. The number of likely N-dealkylation sites (tertiary alicyclic amines) is 2. The number of carbonyl (C=O) groups excluding carboxylic acids is 3. The van der Waals surface area contributed by atoms with Crippen molar-refractivity contribution in [3.05, 3.63) is 138 Å². The highest BCUT2D eigenvalue weighted by atomic mass is 16.2. The van der Waals surface area contributed by atoms with Crippen LogP contribution in [0.5, 0.6) is 0 Å². The van der Waals surface area contributed by atoms with Gasteiger partial charge < -0.3 is 30.4 Å². The van der Waals surface area contributed by atoms with Crippen molar-refractivity contribution in [2.45, 2.75) is 56.3 Å². The van der Waals surface area contributed by atoms with Crippen molar-refractivity contribution < 1.29 is 14.4 Å². The number of aromatic nitrogens is 3. The number of imidazole rings is 1. The Bertz CT molecular complexity index is 2280. The molecule has 2 amide bonds. The molecule has 2 fully saturated rings. The van der Waals surface area contributed by atoms with Gasteiger partial charge in [0.1, 0.15) is 17.9 Å². The molecule has 0 radical (unpaired) electrons. The van der Waals surface area contributed by atoms with E-state index in [1.165, 1.54) is 0 Å². The molecule has 2 aromatic heterocycles. The number of fused-ring (bicyclic) bond motifs is 1. The first-order chi connectivity index (χ1) is 26.9. The SMILES string of the molecule is CN[C@@H](C(=O)N1CCC[C@H]1C(=O)Cc1ccc2[nH]c(-c3ccc(-c4cnc([C@@H]5CCCN5C(=O)[C@H](NC)c5ccccc5)[nH]4)cc3)cc2c1)c1ccccc1. The molecule has 0 unspecified atom stereocenters. The van der Waals surface area contributed by atoms with E-state index < -0.39 is 18.1 Å². The number of benzene rings is 4. The van der Waals surface area contributed by atoms with E-state index in [9.17, 15) is 14.4 Å². The van der Waals surface area contributed by atoms with Crippen LogP contribution in [0.3, 0.4) is 0 Å². The molecular weight excluding hydrogens is 687 g/mol. The predicted octanol–water partition coefficient (Wildman–Crippen LogP) is 6.91. The Labute approximate surface area is 321 Å². The van der Waals surface area contributed by atoms with Gasteiger partial charge >= 0.3 is 0 Å². The van der Waals surface area contributed by atoms with Crippen molar-refractivity contribution in [3.63, 3.8) is 0 Å².